The minimum absolute atomic E-state index is 0.167. The first-order chi connectivity index (χ1) is 15.7. The minimum Gasteiger partial charge on any atom is -0.473 e. The smallest absolute Gasteiger partial charge is 0.215 e. The van der Waals surface area contributed by atoms with E-state index in [0.29, 0.717) is 6.61 Å². The molecule has 0 radical (unpaired) electrons. The quantitative estimate of drug-likeness (QED) is 0.352. The maximum Gasteiger partial charge on any atom is 0.215 e. The summed E-state index contributed by atoms with van der Waals surface area (Å²) in [6, 6.07) is 10.4. The second kappa shape index (κ2) is 12.3. The Morgan fingerprint density at radius 3 is 2.50 bits per heavy atom. The summed E-state index contributed by atoms with van der Waals surface area (Å²) in [5, 5.41) is 9.38. The zero-order chi connectivity index (χ0) is 22.8. The Hall–Kier alpha value is -2.75. The van der Waals surface area contributed by atoms with Crippen molar-refractivity contribution >= 4 is 5.71 Å². The van der Waals surface area contributed by atoms with Gasteiger partial charge in [0.25, 0.3) is 0 Å². The largest absolute Gasteiger partial charge is 0.473 e. The van der Waals surface area contributed by atoms with E-state index in [1.807, 2.05) is 6.07 Å². The van der Waals surface area contributed by atoms with Crippen molar-refractivity contribution in [1.29, 1.82) is 0 Å². The molecule has 0 saturated carbocycles. The van der Waals surface area contributed by atoms with Crippen molar-refractivity contribution in [3.05, 3.63) is 83.3 Å². The monoisotopic (exact) mass is 433 g/mol. The van der Waals surface area contributed by atoms with E-state index in [2.05, 4.69) is 92.5 Å². The molecule has 1 aliphatic heterocycles. The molecule has 0 spiro atoms. The highest BCUT2D eigenvalue weighted by Gasteiger charge is 2.32. The number of hydrogen-bond acceptors (Lipinski definition) is 4. The molecule has 2 aliphatic rings. The number of hydrazine groups is 1. The molecule has 0 N–H and O–H groups in total. The van der Waals surface area contributed by atoms with Gasteiger partial charge in [-0.25, -0.2) is 10.1 Å². The molecule has 0 fully saturated rings. The van der Waals surface area contributed by atoms with Gasteiger partial charge in [0.05, 0.1) is 12.3 Å². The highest BCUT2D eigenvalue weighted by atomic mass is 16.5. The summed E-state index contributed by atoms with van der Waals surface area (Å²) in [4.78, 5) is 0. The minimum atomic E-state index is 0.167. The summed E-state index contributed by atoms with van der Waals surface area (Å²) >= 11 is 0. The van der Waals surface area contributed by atoms with Crippen LogP contribution in [0.15, 0.2) is 82.8 Å². The number of allylic oxidation sites excluding steroid dienone is 7. The van der Waals surface area contributed by atoms with E-state index < -0.39 is 0 Å². The molecule has 0 aromatic heterocycles. The lowest BCUT2D eigenvalue weighted by Crippen LogP contribution is -2.45. The Morgan fingerprint density at radius 1 is 1.00 bits per heavy atom. The van der Waals surface area contributed by atoms with Crippen LogP contribution in [0.1, 0.15) is 65.4 Å². The highest BCUT2D eigenvalue weighted by molar-refractivity contribution is 6.05. The normalized spacial score (nSPS) is 19.7. The maximum absolute atomic E-state index is 6.50. The average Bonchev–Trinajstić information content (AvgIpc) is 2.85. The van der Waals surface area contributed by atoms with E-state index in [9.17, 15) is 0 Å². The highest BCUT2D eigenvalue weighted by Crippen LogP contribution is 2.33. The fourth-order valence-electron chi connectivity index (χ4n) is 4.29. The van der Waals surface area contributed by atoms with Crippen LogP contribution in [0.4, 0.5) is 0 Å². The van der Waals surface area contributed by atoms with Crippen LogP contribution < -0.4 is 0 Å². The van der Waals surface area contributed by atoms with Gasteiger partial charge in [-0.2, -0.15) is 5.10 Å². The van der Waals surface area contributed by atoms with Crippen LogP contribution in [0.5, 0.6) is 0 Å². The van der Waals surface area contributed by atoms with Gasteiger partial charge >= 0.3 is 0 Å². The van der Waals surface area contributed by atoms with E-state index >= 15 is 0 Å². The Labute approximate surface area is 194 Å². The third kappa shape index (κ3) is 5.73. The molecular formula is C28H39N3O. The topological polar surface area (TPSA) is 28.1 Å². The van der Waals surface area contributed by atoms with Crippen LogP contribution in [-0.2, 0) is 11.3 Å². The molecule has 1 aliphatic carbocycles. The van der Waals surface area contributed by atoms with Gasteiger partial charge in [0.1, 0.15) is 6.61 Å². The summed E-state index contributed by atoms with van der Waals surface area (Å²) in [6.45, 7) is 10.9. The second-order valence-electron chi connectivity index (χ2n) is 8.22. The van der Waals surface area contributed by atoms with E-state index in [0.717, 1.165) is 37.5 Å². The van der Waals surface area contributed by atoms with Crippen molar-refractivity contribution in [2.75, 3.05) is 13.1 Å². The van der Waals surface area contributed by atoms with Crippen LogP contribution in [0, 0.1) is 5.92 Å². The lowest BCUT2D eigenvalue weighted by Gasteiger charge is -2.40. The number of hydrazone groups is 1. The maximum atomic E-state index is 6.50. The molecule has 1 heterocycles. The lowest BCUT2D eigenvalue weighted by molar-refractivity contribution is -0.0525. The molecule has 3 rings (SSSR count). The van der Waals surface area contributed by atoms with Gasteiger partial charge in [0.15, 0.2) is 0 Å². The SMILES string of the molecule is CCCCCC=C1C=CC=CC1C1=NN(CC)N(CC)C(OCc2ccccc2)=C1CC. The molecule has 1 atom stereocenters. The fourth-order valence-corrected chi connectivity index (χ4v) is 4.29. The van der Waals surface area contributed by atoms with Crippen LogP contribution >= 0.6 is 0 Å². The van der Waals surface area contributed by atoms with E-state index in [1.165, 1.54) is 36.0 Å². The lowest BCUT2D eigenvalue weighted by atomic mass is 9.84. The van der Waals surface area contributed by atoms with Crippen molar-refractivity contribution in [2.24, 2.45) is 11.0 Å². The predicted octanol–water partition coefficient (Wildman–Crippen LogP) is 7.00. The van der Waals surface area contributed by atoms with Crippen molar-refractivity contribution < 1.29 is 4.74 Å². The summed E-state index contributed by atoms with van der Waals surface area (Å²) in [7, 11) is 0. The zero-order valence-corrected chi connectivity index (χ0v) is 20.3. The molecule has 172 valence electrons. The molecule has 4 heteroatoms. The first kappa shape index (κ1) is 23.9. The summed E-state index contributed by atoms with van der Waals surface area (Å²) in [5.41, 5.74) is 4.84. The van der Waals surface area contributed by atoms with Gasteiger partial charge in [-0.1, -0.05) is 87.4 Å². The molecule has 0 amide bonds. The summed E-state index contributed by atoms with van der Waals surface area (Å²) < 4.78 is 6.50. The van der Waals surface area contributed by atoms with E-state index in [4.69, 9.17) is 9.84 Å². The van der Waals surface area contributed by atoms with Crippen LogP contribution in [0.25, 0.3) is 0 Å². The van der Waals surface area contributed by atoms with Crippen molar-refractivity contribution in [3.63, 3.8) is 0 Å². The van der Waals surface area contributed by atoms with E-state index in [-0.39, 0.29) is 5.92 Å². The Morgan fingerprint density at radius 2 is 1.81 bits per heavy atom. The molecule has 1 aromatic carbocycles. The average molecular weight is 434 g/mol. The number of hydrogen-bond donors (Lipinski definition) is 0. The number of nitrogens with zero attached hydrogens (tertiary/aromatic N) is 3. The molecule has 0 bridgehead atoms. The molecule has 1 aromatic rings. The van der Waals surface area contributed by atoms with Gasteiger partial charge in [-0.05, 0) is 44.2 Å². The first-order valence-electron chi connectivity index (χ1n) is 12.3. The van der Waals surface area contributed by atoms with Crippen molar-refractivity contribution in [1.82, 2.24) is 10.1 Å². The van der Waals surface area contributed by atoms with Crippen LogP contribution in [0.2, 0.25) is 0 Å². The zero-order valence-electron chi connectivity index (χ0n) is 20.3. The van der Waals surface area contributed by atoms with Crippen molar-refractivity contribution in [3.8, 4) is 0 Å². The number of rotatable bonds is 11. The Kier molecular flexibility index (Phi) is 9.21. The predicted molar refractivity (Wildman–Crippen MR) is 135 cm³/mol. The van der Waals surface area contributed by atoms with Crippen LogP contribution in [0.3, 0.4) is 0 Å². The second-order valence-corrected chi connectivity index (χ2v) is 8.22. The summed E-state index contributed by atoms with van der Waals surface area (Å²) in [6.07, 6.45) is 17.0. The van der Waals surface area contributed by atoms with Crippen LogP contribution in [-0.4, -0.2) is 28.9 Å². The third-order valence-corrected chi connectivity index (χ3v) is 6.00. The van der Waals surface area contributed by atoms with E-state index in [1.54, 1.807) is 0 Å². The Balaban J connectivity index is 1.94. The fraction of sp³-hybridized carbons (Fsp3) is 0.464. The van der Waals surface area contributed by atoms with Gasteiger partial charge in [-0.15, -0.1) is 0 Å². The van der Waals surface area contributed by atoms with Gasteiger partial charge in [0.2, 0.25) is 5.88 Å². The number of unbranched alkanes of at least 4 members (excludes halogenated alkanes) is 3. The molecule has 4 nitrogen and oxygen atoms in total. The van der Waals surface area contributed by atoms with Gasteiger partial charge in [0, 0.05) is 18.0 Å². The summed E-state index contributed by atoms with van der Waals surface area (Å²) in [5.74, 6) is 1.11. The molecule has 0 saturated heterocycles. The molecular weight excluding hydrogens is 394 g/mol. The third-order valence-electron chi connectivity index (χ3n) is 6.00. The van der Waals surface area contributed by atoms with Crippen molar-refractivity contribution in [2.45, 2.75) is 66.4 Å². The first-order valence-corrected chi connectivity index (χ1v) is 12.3. The number of benzene rings is 1. The Bertz CT molecular complexity index is 879. The standard InChI is InChI=1S/C28H39N3O/c1-5-9-10-14-19-24-20-15-16-21-26(24)27-25(6-2)28(30(7-3)31(8-4)29-27)32-22-23-17-12-11-13-18-23/h11-13,15-21,26H,5-10,14,22H2,1-4H3. The van der Waals surface area contributed by atoms with Gasteiger partial charge in [-0.3, -0.25) is 0 Å². The molecule has 1 unspecified atom stereocenters. The number of ether oxygens (including phenoxy) is 1. The molecule has 32 heavy (non-hydrogen) atoms. The van der Waals surface area contributed by atoms with Gasteiger partial charge < -0.3 is 4.74 Å².